The van der Waals surface area contributed by atoms with Gasteiger partial charge in [0.25, 0.3) is 0 Å². The summed E-state index contributed by atoms with van der Waals surface area (Å²) < 4.78 is 0. The monoisotopic (exact) mass is 625 g/mol. The van der Waals surface area contributed by atoms with Gasteiger partial charge < -0.3 is 16.4 Å². The van der Waals surface area contributed by atoms with E-state index in [1.165, 1.54) is 77.1 Å². The largest absolute Gasteiger partial charge is 1.00 e. The van der Waals surface area contributed by atoms with Crippen molar-refractivity contribution in [2.24, 2.45) is 0 Å². The summed E-state index contributed by atoms with van der Waals surface area (Å²) in [6.07, 6.45) is 20.9. The molecule has 0 bridgehead atoms. The van der Waals surface area contributed by atoms with Crippen LogP contribution in [0.4, 0.5) is 22.7 Å². The summed E-state index contributed by atoms with van der Waals surface area (Å²) in [4.78, 5) is 2.58. The van der Waals surface area contributed by atoms with Gasteiger partial charge in [0, 0.05) is 22.7 Å². The van der Waals surface area contributed by atoms with Gasteiger partial charge in [0.1, 0.15) is 0 Å². The molecule has 4 aliphatic rings. The van der Waals surface area contributed by atoms with E-state index in [1.807, 2.05) is 0 Å². The summed E-state index contributed by atoms with van der Waals surface area (Å²) in [6, 6.07) is 35.4. The number of hydrogen-bond acceptors (Lipinski definition) is 2. The molecule has 0 amide bonds. The molecule has 2 heterocycles. The van der Waals surface area contributed by atoms with E-state index in [0.29, 0.717) is 11.4 Å². The second kappa shape index (κ2) is 17.8. The van der Waals surface area contributed by atoms with Crippen molar-refractivity contribution in [1.82, 2.24) is 0 Å². The van der Waals surface area contributed by atoms with Crippen molar-refractivity contribution in [2.45, 2.75) is 75.6 Å². The van der Waals surface area contributed by atoms with Gasteiger partial charge in [0.05, 0.1) is 11.4 Å². The fourth-order valence-corrected chi connectivity index (χ4v) is 6.84. The van der Waals surface area contributed by atoms with Gasteiger partial charge in [-0.3, -0.25) is 0 Å². The van der Waals surface area contributed by atoms with Crippen molar-refractivity contribution in [1.29, 1.82) is 0 Å². The van der Waals surface area contributed by atoms with Crippen molar-refractivity contribution >= 4 is 34.4 Å². The number of fused-ring (bicyclic) bond motifs is 4. The number of hydrogen-bond donors (Lipinski definition) is 1. The van der Waals surface area contributed by atoms with E-state index in [9.17, 15) is 0 Å². The zero-order chi connectivity index (χ0) is 29.3. The molecule has 4 aromatic rings. The molecule has 0 fully saturated rings. The molecule has 3 N–H and O–H groups in total. The third-order valence-corrected chi connectivity index (χ3v) is 9.25. The number of halogens is 1. The maximum Gasteiger partial charge on any atom is 1.00 e. The molecule has 8 rings (SSSR count). The molecule has 2 aliphatic heterocycles. The van der Waals surface area contributed by atoms with Crippen LogP contribution in [0.15, 0.2) is 121 Å². The molecule has 5 heteroatoms. The van der Waals surface area contributed by atoms with Crippen LogP contribution < -0.4 is 39.8 Å². The number of nitrogens with one attached hydrogen (secondary N) is 1. The van der Waals surface area contributed by atoms with Gasteiger partial charge >= 0.3 is 29.6 Å². The summed E-state index contributed by atoms with van der Waals surface area (Å²) in [5.74, 6) is 0. The van der Waals surface area contributed by atoms with Gasteiger partial charge in [-0.1, -0.05) is 97.1 Å². The number of alkyl halides is 1. The smallest absolute Gasteiger partial charge is 0.693 e. The molecule has 2 atom stereocenters. The van der Waals surface area contributed by atoms with Crippen LogP contribution in [0.5, 0.6) is 0 Å². The van der Waals surface area contributed by atoms with E-state index >= 15 is 0 Å². The fourth-order valence-electron chi connectivity index (χ4n) is 6.59. The minimum atomic E-state index is 0. The third kappa shape index (κ3) is 9.15. The number of aryl methyl sites for hydroxylation is 4. The minimum absolute atomic E-state index is 0. The molecule has 228 valence electrons. The van der Waals surface area contributed by atoms with E-state index in [1.54, 1.807) is 0 Å². The number of para-hydroxylation sites is 4. The van der Waals surface area contributed by atoms with Crippen LogP contribution >= 0.6 is 11.6 Å². The van der Waals surface area contributed by atoms with Gasteiger partial charge in [-0.25, -0.2) is 0 Å². The number of nitrogens with two attached hydrogens (primary N) is 1. The molecule has 45 heavy (non-hydrogen) atoms. The fraction of sp³-hybridized carbons (Fsp3) is 0.300. The summed E-state index contributed by atoms with van der Waals surface area (Å²) >= 11 is 5.73. The van der Waals surface area contributed by atoms with E-state index in [4.69, 9.17) is 11.6 Å². The predicted octanol–water partition coefficient (Wildman–Crippen LogP) is 8.62. The van der Waals surface area contributed by atoms with Crippen molar-refractivity contribution < 1.29 is 29.6 Å². The molecule has 0 aromatic heterocycles. The van der Waals surface area contributed by atoms with E-state index in [-0.39, 0.29) is 35.7 Å². The Balaban J connectivity index is 0.000000168. The van der Waals surface area contributed by atoms with E-state index in [2.05, 4.69) is 132 Å². The summed E-state index contributed by atoms with van der Waals surface area (Å²) in [6.45, 7) is 0. The van der Waals surface area contributed by atoms with Gasteiger partial charge in [-0.2, -0.15) is 0 Å². The SMILES string of the molecule is C1=CC(N2c3ccccc3CCc3ccccc32)CCC1.ClC1C=CCCC1.[NH2-].[Na+].c1ccc2c(c1)CCc1ccccc1N2. The topological polar surface area (TPSA) is 48.8 Å². The number of rotatable bonds is 1. The Morgan fingerprint density at radius 3 is 1.44 bits per heavy atom. The molecule has 2 unspecified atom stereocenters. The molecular formula is C40H45ClN3Na. The Hall–Kier alpha value is -2.79. The van der Waals surface area contributed by atoms with Crippen molar-refractivity contribution in [3.8, 4) is 0 Å². The Morgan fingerprint density at radius 1 is 0.556 bits per heavy atom. The number of benzene rings is 4. The molecule has 3 nitrogen and oxygen atoms in total. The second-order valence-corrected chi connectivity index (χ2v) is 12.4. The summed E-state index contributed by atoms with van der Waals surface area (Å²) in [5.41, 5.74) is 11.1. The minimum Gasteiger partial charge on any atom is -0.693 e. The molecule has 0 saturated heterocycles. The first-order chi connectivity index (χ1) is 21.3. The second-order valence-electron chi connectivity index (χ2n) is 11.9. The van der Waals surface area contributed by atoms with Crippen molar-refractivity contribution in [3.63, 3.8) is 0 Å². The quantitative estimate of drug-likeness (QED) is 0.131. The molecular weight excluding hydrogens is 581 g/mol. The van der Waals surface area contributed by atoms with E-state index < -0.39 is 0 Å². The molecule has 0 radical (unpaired) electrons. The Kier molecular flexibility index (Phi) is 13.9. The number of allylic oxidation sites excluding steroid dienone is 3. The maximum absolute atomic E-state index is 5.73. The van der Waals surface area contributed by atoms with Crippen LogP contribution in [-0.2, 0) is 25.7 Å². The van der Waals surface area contributed by atoms with Crippen LogP contribution in [0.3, 0.4) is 0 Å². The molecule has 2 aliphatic carbocycles. The Bertz CT molecular complexity index is 1470. The van der Waals surface area contributed by atoms with Gasteiger partial charge in [0.15, 0.2) is 0 Å². The summed E-state index contributed by atoms with van der Waals surface area (Å²) in [5, 5.41) is 3.83. The Morgan fingerprint density at radius 2 is 1.00 bits per heavy atom. The average Bonchev–Trinajstić information content (AvgIpc) is 3.36. The maximum atomic E-state index is 5.73. The van der Waals surface area contributed by atoms with Crippen LogP contribution in [0, 0.1) is 0 Å². The van der Waals surface area contributed by atoms with E-state index in [0.717, 1.165) is 32.1 Å². The van der Waals surface area contributed by atoms with Crippen LogP contribution in [0.2, 0.25) is 0 Å². The van der Waals surface area contributed by atoms with Gasteiger partial charge in [-0.05, 0) is 111 Å². The number of anilines is 4. The Labute approximate surface area is 297 Å². The zero-order valence-corrected chi connectivity index (χ0v) is 29.4. The first-order valence-corrected chi connectivity index (χ1v) is 16.6. The van der Waals surface area contributed by atoms with Gasteiger partial charge in [-0.15, -0.1) is 11.6 Å². The predicted molar refractivity (Wildman–Crippen MR) is 191 cm³/mol. The zero-order valence-electron chi connectivity index (χ0n) is 26.7. The van der Waals surface area contributed by atoms with Crippen LogP contribution in [-0.4, -0.2) is 11.4 Å². The third-order valence-electron chi connectivity index (χ3n) is 8.89. The van der Waals surface area contributed by atoms with Gasteiger partial charge in [0.2, 0.25) is 0 Å². The number of nitrogens with zero attached hydrogens (tertiary/aromatic N) is 1. The van der Waals surface area contributed by atoms with Crippen molar-refractivity contribution in [3.05, 3.63) is 150 Å². The first-order valence-electron chi connectivity index (χ1n) is 16.1. The van der Waals surface area contributed by atoms with Crippen molar-refractivity contribution in [2.75, 3.05) is 10.2 Å². The standard InChI is InChI=1S/C20H21N.C14H13N.C6H9Cl.H2N.Na/c1-2-10-18(11-3-1)21-19-12-6-4-8-16(19)14-15-17-9-5-7-13-20(17)21;1-3-7-13-11(5-1)9-10-12-6-2-4-8-14(12)15-13;7-6-4-2-1-3-5-6;;/h2,4-10,12-13,18H,1,3,11,14-15H2;1-8,15H,9-10H2;2,4,6H,1,3,5H2;1H2;/q;;;-1;+1. The molecule has 4 aromatic carbocycles. The molecule has 0 saturated carbocycles. The summed E-state index contributed by atoms with van der Waals surface area (Å²) in [7, 11) is 0. The first kappa shape index (κ1) is 35.1. The van der Waals surface area contributed by atoms with Crippen LogP contribution in [0.1, 0.15) is 60.8 Å². The normalized spacial score (nSPS) is 18.8. The average molecular weight is 626 g/mol. The molecule has 0 spiro atoms. The van der Waals surface area contributed by atoms with Crippen LogP contribution in [0.25, 0.3) is 6.15 Å².